The van der Waals surface area contributed by atoms with E-state index in [1.54, 1.807) is 11.0 Å². The SMILES string of the molecule is Cn1ncc2c(NC3CN4CCC3CC4)ncnc21. The zero-order valence-corrected chi connectivity index (χ0v) is 11.1. The van der Waals surface area contributed by atoms with Gasteiger partial charge in [0.1, 0.15) is 12.1 Å². The zero-order valence-electron chi connectivity index (χ0n) is 11.1. The van der Waals surface area contributed by atoms with Gasteiger partial charge in [-0.15, -0.1) is 0 Å². The molecule has 6 heteroatoms. The Morgan fingerprint density at radius 1 is 1.26 bits per heavy atom. The average molecular weight is 258 g/mol. The van der Waals surface area contributed by atoms with E-state index in [1.807, 2.05) is 13.2 Å². The number of piperidine rings is 3. The Kier molecular flexibility index (Phi) is 2.44. The lowest BCUT2D eigenvalue weighted by atomic mass is 9.84. The third kappa shape index (κ3) is 1.78. The summed E-state index contributed by atoms with van der Waals surface area (Å²) in [7, 11) is 1.91. The summed E-state index contributed by atoms with van der Waals surface area (Å²) in [5.74, 6) is 1.71. The largest absolute Gasteiger partial charge is 0.365 e. The molecule has 0 amide bonds. The maximum Gasteiger partial charge on any atom is 0.163 e. The average Bonchev–Trinajstić information content (AvgIpc) is 2.83. The molecular formula is C13H18N6. The second-order valence-corrected chi connectivity index (χ2v) is 5.62. The van der Waals surface area contributed by atoms with Gasteiger partial charge in [0.05, 0.1) is 11.6 Å². The molecule has 5 rings (SSSR count). The summed E-state index contributed by atoms with van der Waals surface area (Å²) in [6.07, 6.45) is 6.07. The Balaban J connectivity index is 1.65. The molecule has 1 N–H and O–H groups in total. The van der Waals surface area contributed by atoms with Crippen molar-refractivity contribution in [2.45, 2.75) is 18.9 Å². The van der Waals surface area contributed by atoms with Crippen molar-refractivity contribution in [2.75, 3.05) is 25.0 Å². The van der Waals surface area contributed by atoms with Gasteiger partial charge in [0.15, 0.2) is 5.65 Å². The molecule has 1 atom stereocenters. The summed E-state index contributed by atoms with van der Waals surface area (Å²) in [4.78, 5) is 11.2. The van der Waals surface area contributed by atoms with Crippen LogP contribution in [0.2, 0.25) is 0 Å². The van der Waals surface area contributed by atoms with Crippen LogP contribution in [0.1, 0.15) is 12.8 Å². The van der Waals surface area contributed by atoms with E-state index in [0.29, 0.717) is 6.04 Å². The Hall–Kier alpha value is -1.69. The van der Waals surface area contributed by atoms with Crippen LogP contribution in [0.3, 0.4) is 0 Å². The first-order valence-electron chi connectivity index (χ1n) is 6.93. The first-order valence-corrected chi connectivity index (χ1v) is 6.93. The summed E-state index contributed by atoms with van der Waals surface area (Å²) < 4.78 is 1.79. The fourth-order valence-electron chi connectivity index (χ4n) is 3.38. The Morgan fingerprint density at radius 3 is 2.84 bits per heavy atom. The zero-order chi connectivity index (χ0) is 12.8. The van der Waals surface area contributed by atoms with Gasteiger partial charge in [0.2, 0.25) is 0 Å². The summed E-state index contributed by atoms with van der Waals surface area (Å²) in [6, 6.07) is 0.515. The summed E-state index contributed by atoms with van der Waals surface area (Å²) in [5.41, 5.74) is 0.888. The van der Waals surface area contributed by atoms with Crippen LogP contribution in [0.5, 0.6) is 0 Å². The maximum atomic E-state index is 4.40. The first-order chi connectivity index (χ1) is 9.31. The van der Waals surface area contributed by atoms with Crippen LogP contribution >= 0.6 is 0 Å². The minimum atomic E-state index is 0.515. The Bertz CT molecular complexity index is 598. The molecule has 3 saturated heterocycles. The summed E-state index contributed by atoms with van der Waals surface area (Å²) in [5, 5.41) is 8.90. The van der Waals surface area contributed by atoms with Gasteiger partial charge in [0.25, 0.3) is 0 Å². The van der Waals surface area contributed by atoms with Crippen molar-refractivity contribution < 1.29 is 0 Å². The van der Waals surface area contributed by atoms with Crippen LogP contribution in [-0.2, 0) is 7.05 Å². The minimum Gasteiger partial charge on any atom is -0.365 e. The van der Waals surface area contributed by atoms with Gasteiger partial charge in [-0.2, -0.15) is 5.10 Å². The number of nitrogens with one attached hydrogen (secondary N) is 1. The van der Waals surface area contributed by atoms with Crippen molar-refractivity contribution in [3.8, 4) is 0 Å². The summed E-state index contributed by atoms with van der Waals surface area (Å²) in [6.45, 7) is 3.65. The van der Waals surface area contributed by atoms with E-state index < -0.39 is 0 Å². The molecule has 0 radical (unpaired) electrons. The Morgan fingerprint density at radius 2 is 2.11 bits per heavy atom. The highest BCUT2D eigenvalue weighted by Crippen LogP contribution is 2.30. The van der Waals surface area contributed by atoms with E-state index in [9.17, 15) is 0 Å². The van der Waals surface area contributed by atoms with Crippen molar-refractivity contribution >= 4 is 16.9 Å². The van der Waals surface area contributed by atoms with Crippen LogP contribution in [0.15, 0.2) is 12.5 Å². The molecule has 0 aliphatic carbocycles. The minimum absolute atomic E-state index is 0.515. The van der Waals surface area contributed by atoms with Gasteiger partial charge in [-0.3, -0.25) is 4.68 Å². The number of anilines is 1. The molecule has 0 spiro atoms. The number of hydrogen-bond acceptors (Lipinski definition) is 5. The van der Waals surface area contributed by atoms with Crippen LogP contribution in [0, 0.1) is 5.92 Å². The van der Waals surface area contributed by atoms with E-state index in [2.05, 4.69) is 25.3 Å². The lowest BCUT2D eigenvalue weighted by Gasteiger charge is -2.45. The molecule has 3 aliphatic rings. The molecule has 0 saturated carbocycles. The molecule has 1 unspecified atom stereocenters. The molecule has 0 aromatic carbocycles. The Labute approximate surface area is 111 Å². The highest BCUT2D eigenvalue weighted by molar-refractivity contribution is 5.86. The predicted molar refractivity (Wildman–Crippen MR) is 72.9 cm³/mol. The highest BCUT2D eigenvalue weighted by atomic mass is 15.3. The molecular weight excluding hydrogens is 240 g/mol. The fraction of sp³-hybridized carbons (Fsp3) is 0.615. The molecule has 6 nitrogen and oxygen atoms in total. The van der Waals surface area contributed by atoms with Crippen LogP contribution in [-0.4, -0.2) is 50.3 Å². The van der Waals surface area contributed by atoms with Crippen LogP contribution in [0.25, 0.3) is 11.0 Å². The maximum absolute atomic E-state index is 4.40. The molecule has 3 fully saturated rings. The molecule has 2 aromatic rings. The fourth-order valence-corrected chi connectivity index (χ4v) is 3.38. The lowest BCUT2D eigenvalue weighted by Crippen LogP contribution is -2.53. The number of hydrogen-bond donors (Lipinski definition) is 1. The second kappa shape index (κ2) is 4.16. The first kappa shape index (κ1) is 11.2. The number of rotatable bonds is 2. The second-order valence-electron chi connectivity index (χ2n) is 5.62. The molecule has 100 valence electrons. The number of fused-ring (bicyclic) bond motifs is 4. The van der Waals surface area contributed by atoms with E-state index in [4.69, 9.17) is 0 Å². The van der Waals surface area contributed by atoms with E-state index in [-0.39, 0.29) is 0 Å². The number of aryl methyl sites for hydroxylation is 1. The quantitative estimate of drug-likeness (QED) is 0.866. The van der Waals surface area contributed by atoms with Gasteiger partial charge < -0.3 is 10.2 Å². The smallest absolute Gasteiger partial charge is 0.163 e. The monoisotopic (exact) mass is 258 g/mol. The molecule has 2 aromatic heterocycles. The normalized spacial score (nSPS) is 29.8. The van der Waals surface area contributed by atoms with Gasteiger partial charge >= 0.3 is 0 Å². The summed E-state index contributed by atoms with van der Waals surface area (Å²) >= 11 is 0. The van der Waals surface area contributed by atoms with E-state index >= 15 is 0 Å². The van der Waals surface area contributed by atoms with Crippen molar-refractivity contribution in [1.29, 1.82) is 0 Å². The third-order valence-electron chi connectivity index (χ3n) is 4.51. The van der Waals surface area contributed by atoms with Gasteiger partial charge in [-0.1, -0.05) is 0 Å². The molecule has 3 aliphatic heterocycles. The van der Waals surface area contributed by atoms with Crippen molar-refractivity contribution in [2.24, 2.45) is 13.0 Å². The van der Waals surface area contributed by atoms with Crippen molar-refractivity contribution in [1.82, 2.24) is 24.6 Å². The number of nitrogens with zero attached hydrogens (tertiary/aromatic N) is 5. The van der Waals surface area contributed by atoms with Gasteiger partial charge in [-0.05, 0) is 31.8 Å². The standard InChI is InChI=1S/C13H18N6/c1-18-13-10(6-16-18)12(14-8-15-13)17-11-7-19-4-2-9(11)3-5-19/h6,8-9,11H,2-5,7H2,1H3,(H,14,15,17). The van der Waals surface area contributed by atoms with E-state index in [1.165, 1.54) is 25.9 Å². The van der Waals surface area contributed by atoms with Gasteiger partial charge in [-0.25, -0.2) is 9.97 Å². The van der Waals surface area contributed by atoms with Crippen molar-refractivity contribution in [3.05, 3.63) is 12.5 Å². The van der Waals surface area contributed by atoms with Crippen molar-refractivity contribution in [3.63, 3.8) is 0 Å². The topological polar surface area (TPSA) is 58.9 Å². The highest BCUT2D eigenvalue weighted by Gasteiger charge is 2.34. The van der Waals surface area contributed by atoms with E-state index in [0.717, 1.165) is 29.3 Å². The molecule has 19 heavy (non-hydrogen) atoms. The lowest BCUT2D eigenvalue weighted by molar-refractivity contribution is 0.0974. The van der Waals surface area contributed by atoms with Crippen LogP contribution in [0.4, 0.5) is 5.82 Å². The molecule has 2 bridgehead atoms. The number of aromatic nitrogens is 4. The van der Waals surface area contributed by atoms with Crippen LogP contribution < -0.4 is 5.32 Å². The molecule has 5 heterocycles. The predicted octanol–water partition coefficient (Wildman–Crippen LogP) is 0.869. The van der Waals surface area contributed by atoms with Gasteiger partial charge in [0, 0.05) is 19.6 Å². The third-order valence-corrected chi connectivity index (χ3v) is 4.51.